The van der Waals surface area contributed by atoms with Gasteiger partial charge in [0, 0.05) is 44.1 Å². The SMILES string of the molecule is N#C/C(=C\c1c(N2CCN(c3ccccc3)CC2)nc2ccccn2c1=O)C(=O)NC1CCCCC1. The Morgan fingerprint density at radius 3 is 2.39 bits per heavy atom. The molecule has 8 nitrogen and oxygen atoms in total. The molecule has 0 radical (unpaired) electrons. The molecule has 0 atom stereocenters. The molecule has 0 unspecified atom stereocenters. The fraction of sp³-hybridized carbons (Fsp3) is 0.357. The topological polar surface area (TPSA) is 93.7 Å². The zero-order chi connectivity index (χ0) is 24.9. The van der Waals surface area contributed by atoms with Gasteiger partial charge in [-0.15, -0.1) is 0 Å². The lowest BCUT2D eigenvalue weighted by Gasteiger charge is -2.37. The van der Waals surface area contributed by atoms with Crippen molar-refractivity contribution in [3.8, 4) is 6.07 Å². The van der Waals surface area contributed by atoms with E-state index >= 15 is 0 Å². The van der Waals surface area contributed by atoms with Gasteiger partial charge in [0.25, 0.3) is 11.5 Å². The number of benzene rings is 1. The van der Waals surface area contributed by atoms with E-state index < -0.39 is 5.91 Å². The van der Waals surface area contributed by atoms with Crippen LogP contribution >= 0.6 is 0 Å². The number of piperazine rings is 1. The first-order chi connectivity index (χ1) is 17.6. The van der Waals surface area contributed by atoms with E-state index in [0.29, 0.717) is 24.6 Å². The normalized spacial score (nSPS) is 17.1. The summed E-state index contributed by atoms with van der Waals surface area (Å²) in [5, 5.41) is 12.8. The molecule has 1 aliphatic carbocycles. The maximum absolute atomic E-state index is 13.5. The van der Waals surface area contributed by atoms with Gasteiger partial charge in [-0.25, -0.2) is 4.98 Å². The molecule has 3 heterocycles. The zero-order valence-electron chi connectivity index (χ0n) is 20.3. The van der Waals surface area contributed by atoms with Gasteiger partial charge >= 0.3 is 0 Å². The van der Waals surface area contributed by atoms with Crippen molar-refractivity contribution in [1.82, 2.24) is 14.7 Å². The van der Waals surface area contributed by atoms with Gasteiger partial charge in [0.1, 0.15) is 23.1 Å². The summed E-state index contributed by atoms with van der Waals surface area (Å²) in [6.45, 7) is 2.88. The second-order valence-corrected chi connectivity index (χ2v) is 9.37. The van der Waals surface area contributed by atoms with Crippen LogP contribution < -0.4 is 20.7 Å². The highest BCUT2D eigenvalue weighted by molar-refractivity contribution is 6.02. The predicted molar refractivity (Wildman–Crippen MR) is 141 cm³/mol. The summed E-state index contributed by atoms with van der Waals surface area (Å²) in [6.07, 6.45) is 8.24. The standard InChI is InChI=1S/C28H30N6O2/c29-20-21(27(35)30-22-9-3-1-4-10-22)19-24-26(31-25-13-7-8-14-34(25)28(24)36)33-17-15-32(16-18-33)23-11-5-2-6-12-23/h2,5-8,11-14,19,22H,1,3-4,9-10,15-18H2,(H,30,35)/b21-19+. The van der Waals surface area contributed by atoms with Crippen molar-refractivity contribution in [2.75, 3.05) is 36.0 Å². The molecule has 1 saturated heterocycles. The molecule has 184 valence electrons. The van der Waals surface area contributed by atoms with Crippen LogP contribution in [0.2, 0.25) is 0 Å². The molecular formula is C28H30N6O2. The third kappa shape index (κ3) is 4.96. The van der Waals surface area contributed by atoms with Crippen LogP contribution in [0.3, 0.4) is 0 Å². The van der Waals surface area contributed by atoms with Crippen molar-refractivity contribution in [3.05, 3.63) is 76.2 Å². The Hall–Kier alpha value is -4.12. The molecule has 5 rings (SSSR count). The van der Waals surface area contributed by atoms with Gasteiger partial charge in [0.15, 0.2) is 0 Å². The number of carbonyl (C=O) groups excluding carboxylic acids is 1. The average Bonchev–Trinajstić information content (AvgIpc) is 2.93. The first kappa shape index (κ1) is 23.6. The minimum absolute atomic E-state index is 0.0699. The Morgan fingerprint density at radius 1 is 0.972 bits per heavy atom. The molecular weight excluding hydrogens is 452 g/mol. The van der Waals surface area contributed by atoms with Crippen molar-refractivity contribution >= 4 is 29.1 Å². The Labute approximate surface area is 210 Å². The van der Waals surface area contributed by atoms with Gasteiger partial charge in [-0.2, -0.15) is 5.26 Å². The largest absolute Gasteiger partial charge is 0.368 e. The molecule has 1 saturated carbocycles. The number of hydrogen-bond donors (Lipinski definition) is 1. The molecule has 0 spiro atoms. The summed E-state index contributed by atoms with van der Waals surface area (Å²) in [5.74, 6) is 0.0823. The number of hydrogen-bond acceptors (Lipinski definition) is 6. The van der Waals surface area contributed by atoms with E-state index in [-0.39, 0.29) is 22.7 Å². The molecule has 0 bridgehead atoms. The molecule has 1 aliphatic heterocycles. The van der Waals surface area contributed by atoms with Crippen LogP contribution in [0.15, 0.2) is 65.1 Å². The molecule has 2 fully saturated rings. The molecule has 3 aromatic rings. The number of amides is 1. The number of aromatic nitrogens is 2. The minimum Gasteiger partial charge on any atom is -0.368 e. The monoisotopic (exact) mass is 482 g/mol. The van der Waals surface area contributed by atoms with Crippen molar-refractivity contribution in [2.45, 2.75) is 38.1 Å². The highest BCUT2D eigenvalue weighted by atomic mass is 16.2. The molecule has 1 amide bonds. The Balaban J connectivity index is 1.47. The summed E-state index contributed by atoms with van der Waals surface area (Å²) in [4.78, 5) is 35.7. The van der Waals surface area contributed by atoms with Crippen molar-refractivity contribution < 1.29 is 4.79 Å². The van der Waals surface area contributed by atoms with Crippen LogP contribution in [0.1, 0.15) is 37.7 Å². The zero-order valence-corrected chi connectivity index (χ0v) is 20.3. The number of rotatable bonds is 5. The highest BCUT2D eigenvalue weighted by Gasteiger charge is 2.24. The fourth-order valence-corrected chi connectivity index (χ4v) is 5.08. The van der Waals surface area contributed by atoms with Crippen LogP contribution in [0.25, 0.3) is 11.7 Å². The summed E-state index contributed by atoms with van der Waals surface area (Å²) in [7, 11) is 0. The molecule has 1 N–H and O–H groups in total. The smallest absolute Gasteiger partial charge is 0.267 e. The second kappa shape index (κ2) is 10.6. The lowest BCUT2D eigenvalue weighted by molar-refractivity contribution is -0.117. The number of pyridine rings is 1. The van der Waals surface area contributed by atoms with E-state index in [4.69, 9.17) is 4.98 Å². The van der Waals surface area contributed by atoms with E-state index in [1.807, 2.05) is 30.3 Å². The van der Waals surface area contributed by atoms with E-state index in [0.717, 1.165) is 44.5 Å². The first-order valence-electron chi connectivity index (χ1n) is 12.6. The predicted octanol–water partition coefficient (Wildman–Crippen LogP) is 3.38. The molecule has 8 heteroatoms. The van der Waals surface area contributed by atoms with E-state index in [2.05, 4.69) is 27.2 Å². The maximum atomic E-state index is 13.5. The number of para-hydroxylation sites is 1. The van der Waals surface area contributed by atoms with E-state index in [9.17, 15) is 14.9 Å². The quantitative estimate of drug-likeness (QED) is 0.443. The summed E-state index contributed by atoms with van der Waals surface area (Å²) < 4.78 is 1.46. The van der Waals surface area contributed by atoms with Crippen molar-refractivity contribution in [2.24, 2.45) is 0 Å². The summed E-state index contributed by atoms with van der Waals surface area (Å²) in [5.41, 5.74) is 1.60. The average molecular weight is 483 g/mol. The molecule has 2 aromatic heterocycles. The summed E-state index contributed by atoms with van der Waals surface area (Å²) >= 11 is 0. The van der Waals surface area contributed by atoms with Gasteiger partial charge < -0.3 is 15.1 Å². The minimum atomic E-state index is -0.429. The Bertz CT molecular complexity index is 1360. The lowest BCUT2D eigenvalue weighted by Crippen LogP contribution is -2.47. The number of nitrogens with zero attached hydrogens (tertiary/aromatic N) is 5. The van der Waals surface area contributed by atoms with Crippen LogP contribution in [0, 0.1) is 11.3 Å². The van der Waals surface area contributed by atoms with Crippen LogP contribution in [-0.4, -0.2) is 47.5 Å². The Kier molecular flexibility index (Phi) is 6.99. The highest BCUT2D eigenvalue weighted by Crippen LogP contribution is 2.23. The number of nitrogens with one attached hydrogen (secondary N) is 1. The third-order valence-corrected chi connectivity index (χ3v) is 7.04. The summed E-state index contributed by atoms with van der Waals surface area (Å²) in [6, 6.07) is 17.7. The lowest BCUT2D eigenvalue weighted by atomic mass is 9.95. The maximum Gasteiger partial charge on any atom is 0.267 e. The van der Waals surface area contributed by atoms with Gasteiger partial charge in [-0.1, -0.05) is 43.5 Å². The first-order valence-corrected chi connectivity index (χ1v) is 12.6. The van der Waals surface area contributed by atoms with Gasteiger partial charge in [-0.05, 0) is 43.2 Å². The van der Waals surface area contributed by atoms with Crippen LogP contribution in [0.4, 0.5) is 11.5 Å². The number of anilines is 2. The van der Waals surface area contributed by atoms with Gasteiger partial charge in [-0.3, -0.25) is 14.0 Å². The second-order valence-electron chi connectivity index (χ2n) is 9.37. The van der Waals surface area contributed by atoms with Crippen LogP contribution in [-0.2, 0) is 4.79 Å². The van der Waals surface area contributed by atoms with Crippen molar-refractivity contribution in [1.29, 1.82) is 5.26 Å². The Morgan fingerprint density at radius 2 is 1.67 bits per heavy atom. The van der Waals surface area contributed by atoms with Crippen LogP contribution in [0.5, 0.6) is 0 Å². The number of fused-ring (bicyclic) bond motifs is 1. The number of carbonyl (C=O) groups is 1. The van der Waals surface area contributed by atoms with E-state index in [1.165, 1.54) is 16.9 Å². The fourth-order valence-electron chi connectivity index (χ4n) is 5.08. The molecule has 2 aliphatic rings. The van der Waals surface area contributed by atoms with Gasteiger partial charge in [0.05, 0.1) is 5.56 Å². The third-order valence-electron chi connectivity index (χ3n) is 7.04. The molecule has 36 heavy (non-hydrogen) atoms. The van der Waals surface area contributed by atoms with Crippen molar-refractivity contribution in [3.63, 3.8) is 0 Å². The van der Waals surface area contributed by atoms with Gasteiger partial charge in [0.2, 0.25) is 0 Å². The number of nitriles is 1. The van der Waals surface area contributed by atoms with E-state index in [1.54, 1.807) is 18.3 Å². The molecule has 1 aromatic carbocycles.